The second kappa shape index (κ2) is 12.2. The molecule has 2 saturated heterocycles. The van der Waals surface area contributed by atoms with Gasteiger partial charge in [-0.25, -0.2) is 9.78 Å². The SMILES string of the molecule is C[C@@H]1c2c([nH]c3nnc(-c4ccccc4O)cc23)CCN1c1cnc(C2CCN(C3CCN(C(=O)OC(C)(C)C)CC3)CC2)cn1. The van der Waals surface area contributed by atoms with Crippen molar-refractivity contribution in [3.8, 4) is 17.0 Å². The lowest BCUT2D eigenvalue weighted by atomic mass is 9.91. The minimum Gasteiger partial charge on any atom is -0.507 e. The van der Waals surface area contributed by atoms with Gasteiger partial charge < -0.3 is 29.5 Å². The largest absolute Gasteiger partial charge is 0.507 e. The summed E-state index contributed by atoms with van der Waals surface area (Å²) in [6, 6.07) is 9.84. The maximum Gasteiger partial charge on any atom is 0.410 e. The number of aromatic nitrogens is 5. The summed E-state index contributed by atoms with van der Waals surface area (Å²) in [5.74, 6) is 1.48. The molecule has 0 saturated carbocycles. The molecule has 0 spiro atoms. The topological polar surface area (TPSA) is 124 Å². The predicted octanol–water partition coefficient (Wildman–Crippen LogP) is 5.82. The summed E-state index contributed by atoms with van der Waals surface area (Å²) in [5, 5.41) is 20.3. The number of aromatic amines is 1. The highest BCUT2D eigenvalue weighted by atomic mass is 16.6. The number of para-hydroxylation sites is 1. The summed E-state index contributed by atoms with van der Waals surface area (Å²) in [4.78, 5) is 32.6. The first-order chi connectivity index (χ1) is 22.1. The fourth-order valence-electron chi connectivity index (χ4n) is 7.44. The maximum atomic E-state index is 12.5. The number of anilines is 1. The second-order valence-electron chi connectivity index (χ2n) is 14.0. The Balaban J connectivity index is 0.980. The van der Waals surface area contributed by atoms with Crippen molar-refractivity contribution in [3.05, 3.63) is 59.7 Å². The van der Waals surface area contributed by atoms with E-state index in [9.17, 15) is 9.90 Å². The molecule has 2 fully saturated rings. The first kappa shape index (κ1) is 30.4. The molecule has 3 aliphatic rings. The molecule has 0 bridgehead atoms. The predicted molar refractivity (Wildman–Crippen MR) is 177 cm³/mol. The Labute approximate surface area is 270 Å². The van der Waals surface area contributed by atoms with Gasteiger partial charge in [-0.05, 0) is 84.7 Å². The lowest BCUT2D eigenvalue weighted by Crippen LogP contribution is -2.49. The molecule has 7 rings (SSSR count). The number of benzene rings is 1. The molecule has 4 aromatic rings. The number of carbonyl (C=O) groups is 1. The molecule has 2 N–H and O–H groups in total. The fourth-order valence-corrected chi connectivity index (χ4v) is 7.44. The van der Waals surface area contributed by atoms with Crippen LogP contribution in [0.5, 0.6) is 5.75 Å². The van der Waals surface area contributed by atoms with Crippen LogP contribution < -0.4 is 4.90 Å². The molecule has 3 aromatic heterocycles. The van der Waals surface area contributed by atoms with Crippen LogP contribution in [-0.4, -0.2) is 90.5 Å². The highest BCUT2D eigenvalue weighted by molar-refractivity contribution is 5.86. The summed E-state index contributed by atoms with van der Waals surface area (Å²) in [5.41, 5.74) is 5.07. The molecule has 242 valence electrons. The smallest absolute Gasteiger partial charge is 0.410 e. The van der Waals surface area contributed by atoms with Crippen LogP contribution in [0.15, 0.2) is 42.7 Å². The van der Waals surface area contributed by atoms with Gasteiger partial charge in [0.25, 0.3) is 0 Å². The van der Waals surface area contributed by atoms with E-state index in [1.807, 2.05) is 56.3 Å². The van der Waals surface area contributed by atoms with Crippen molar-refractivity contribution in [1.82, 2.24) is 34.9 Å². The number of phenolic OH excluding ortho intramolecular Hbond substituents is 1. The van der Waals surface area contributed by atoms with E-state index in [1.165, 1.54) is 11.3 Å². The van der Waals surface area contributed by atoms with Crippen LogP contribution in [0.2, 0.25) is 0 Å². The van der Waals surface area contributed by atoms with E-state index in [0.29, 0.717) is 23.2 Å². The van der Waals surface area contributed by atoms with Crippen LogP contribution in [0.25, 0.3) is 22.3 Å². The van der Waals surface area contributed by atoms with E-state index in [-0.39, 0.29) is 17.9 Å². The van der Waals surface area contributed by atoms with E-state index in [4.69, 9.17) is 14.7 Å². The monoisotopic (exact) mass is 624 g/mol. The van der Waals surface area contributed by atoms with Crippen molar-refractivity contribution in [3.63, 3.8) is 0 Å². The van der Waals surface area contributed by atoms with Crippen LogP contribution >= 0.6 is 0 Å². The minimum atomic E-state index is -0.459. The van der Waals surface area contributed by atoms with Crippen LogP contribution in [0.3, 0.4) is 0 Å². The van der Waals surface area contributed by atoms with Crippen molar-refractivity contribution in [2.45, 2.75) is 83.4 Å². The molecule has 0 unspecified atom stereocenters. The zero-order valence-corrected chi connectivity index (χ0v) is 27.2. The first-order valence-electron chi connectivity index (χ1n) is 16.6. The van der Waals surface area contributed by atoms with Crippen molar-refractivity contribution >= 4 is 22.9 Å². The molecule has 6 heterocycles. The molecular weight excluding hydrogens is 580 g/mol. The molecule has 11 nitrogen and oxygen atoms in total. The number of amides is 1. The van der Waals surface area contributed by atoms with E-state index in [2.05, 4.69) is 31.9 Å². The van der Waals surface area contributed by atoms with Gasteiger partial charge >= 0.3 is 6.09 Å². The van der Waals surface area contributed by atoms with Crippen molar-refractivity contribution in [2.24, 2.45) is 0 Å². The van der Waals surface area contributed by atoms with Gasteiger partial charge in [0.05, 0.1) is 29.8 Å². The number of piperidine rings is 2. The van der Waals surface area contributed by atoms with Gasteiger partial charge in [-0.15, -0.1) is 10.2 Å². The number of H-pyrrole nitrogens is 1. The number of nitrogens with zero attached hydrogens (tertiary/aromatic N) is 7. The Kier molecular flexibility index (Phi) is 8.04. The quantitative estimate of drug-likeness (QED) is 0.289. The number of fused-ring (bicyclic) bond motifs is 3. The number of likely N-dealkylation sites (tertiary alicyclic amines) is 2. The summed E-state index contributed by atoms with van der Waals surface area (Å²) < 4.78 is 5.57. The van der Waals surface area contributed by atoms with Gasteiger partial charge in [0.2, 0.25) is 0 Å². The van der Waals surface area contributed by atoms with Gasteiger partial charge in [0.15, 0.2) is 5.65 Å². The van der Waals surface area contributed by atoms with Crippen molar-refractivity contribution in [2.75, 3.05) is 37.6 Å². The third kappa shape index (κ3) is 6.00. The Hall–Kier alpha value is -4.25. The third-order valence-electron chi connectivity index (χ3n) is 9.88. The Bertz CT molecular complexity index is 1700. The van der Waals surface area contributed by atoms with Crippen molar-refractivity contribution in [1.29, 1.82) is 0 Å². The van der Waals surface area contributed by atoms with Gasteiger partial charge in [0, 0.05) is 60.2 Å². The molecular formula is C35H44N8O3. The van der Waals surface area contributed by atoms with Gasteiger partial charge in [-0.1, -0.05) is 12.1 Å². The Morgan fingerprint density at radius 2 is 1.74 bits per heavy atom. The van der Waals surface area contributed by atoms with Crippen LogP contribution in [-0.2, 0) is 11.2 Å². The average molecular weight is 625 g/mol. The minimum absolute atomic E-state index is 0.0732. The van der Waals surface area contributed by atoms with E-state index < -0.39 is 5.60 Å². The number of phenols is 1. The van der Waals surface area contributed by atoms with Gasteiger partial charge in [-0.3, -0.25) is 4.98 Å². The van der Waals surface area contributed by atoms with E-state index in [1.54, 1.807) is 12.1 Å². The lowest BCUT2D eigenvalue weighted by molar-refractivity contribution is 0.0126. The number of hydrogen-bond acceptors (Lipinski definition) is 9. The number of hydrogen-bond donors (Lipinski definition) is 2. The first-order valence-corrected chi connectivity index (χ1v) is 16.6. The summed E-state index contributed by atoms with van der Waals surface area (Å²) in [6.07, 6.45) is 8.70. The fraction of sp³-hybridized carbons (Fsp3) is 0.514. The molecule has 3 aliphatic heterocycles. The third-order valence-corrected chi connectivity index (χ3v) is 9.88. The number of nitrogens with one attached hydrogen (secondary N) is 1. The lowest BCUT2D eigenvalue weighted by Gasteiger charge is -2.41. The molecule has 11 heteroatoms. The van der Waals surface area contributed by atoms with E-state index in [0.717, 1.165) is 87.4 Å². The molecule has 1 amide bonds. The summed E-state index contributed by atoms with van der Waals surface area (Å²) in [7, 11) is 0. The van der Waals surface area contributed by atoms with E-state index >= 15 is 0 Å². The maximum absolute atomic E-state index is 12.5. The zero-order chi connectivity index (χ0) is 32.0. The standard InChI is InChI=1S/C35H44N8O3/c1-22-32-26-19-28(25-7-5-6-8-30(25)44)39-40-33(26)38-27(32)13-18-43(22)31-21-36-29(20-37-31)23-9-14-41(15-10-23)24-11-16-42(17-12-24)34(45)46-35(2,3)4/h5-8,19-24,44H,9-18H2,1-4H3,(H,38,40)/t22-/m1/s1. The van der Waals surface area contributed by atoms with Gasteiger partial charge in [0.1, 0.15) is 17.2 Å². The van der Waals surface area contributed by atoms with Gasteiger partial charge in [-0.2, -0.15) is 0 Å². The summed E-state index contributed by atoms with van der Waals surface area (Å²) >= 11 is 0. The highest BCUT2D eigenvalue weighted by Crippen LogP contribution is 2.39. The second-order valence-corrected chi connectivity index (χ2v) is 14.0. The molecule has 46 heavy (non-hydrogen) atoms. The molecule has 0 radical (unpaired) electrons. The van der Waals surface area contributed by atoms with Crippen LogP contribution in [0.4, 0.5) is 10.6 Å². The Morgan fingerprint density at radius 3 is 2.43 bits per heavy atom. The molecule has 1 aromatic carbocycles. The highest BCUT2D eigenvalue weighted by Gasteiger charge is 2.33. The average Bonchev–Trinajstić information content (AvgIpc) is 3.43. The number of carbonyl (C=O) groups excluding carboxylic acids is 1. The summed E-state index contributed by atoms with van der Waals surface area (Å²) in [6.45, 7) is 12.4. The Morgan fingerprint density at radius 1 is 0.978 bits per heavy atom. The molecule has 0 aliphatic carbocycles. The normalized spacial score (nSPS) is 20.2. The number of ether oxygens (including phenoxy) is 1. The van der Waals surface area contributed by atoms with Crippen molar-refractivity contribution < 1.29 is 14.6 Å². The molecule has 1 atom stereocenters. The zero-order valence-electron chi connectivity index (χ0n) is 27.2. The number of rotatable bonds is 4. The van der Waals surface area contributed by atoms with Crippen LogP contribution in [0.1, 0.15) is 82.3 Å². The van der Waals surface area contributed by atoms with Crippen LogP contribution in [0, 0.1) is 0 Å². The number of aromatic hydroxyl groups is 1.